The van der Waals surface area contributed by atoms with Gasteiger partial charge < -0.3 is 20.3 Å². The van der Waals surface area contributed by atoms with E-state index in [0.717, 1.165) is 11.5 Å². The van der Waals surface area contributed by atoms with E-state index in [1.807, 2.05) is 31.2 Å². The normalized spacial score (nSPS) is 11.9. The van der Waals surface area contributed by atoms with Crippen molar-refractivity contribution < 1.29 is 19.4 Å². The average molecular weight is 285 g/mol. The maximum atomic E-state index is 10.5. The average Bonchev–Trinajstić information content (AvgIpc) is 2.40. The monoisotopic (exact) mass is 285 g/mol. The van der Waals surface area contributed by atoms with Gasteiger partial charge in [-0.25, -0.2) is 0 Å². The first-order valence-electron chi connectivity index (χ1n) is 6.05. The van der Waals surface area contributed by atoms with Crippen LogP contribution in [0.25, 0.3) is 0 Å². The van der Waals surface area contributed by atoms with Crippen LogP contribution in [0.4, 0.5) is 0 Å². The summed E-state index contributed by atoms with van der Waals surface area (Å²) < 4.78 is 10.8. The van der Waals surface area contributed by atoms with Crippen LogP contribution in [0.15, 0.2) is 24.3 Å². The molecule has 0 radical (unpaired) electrons. The summed E-state index contributed by atoms with van der Waals surface area (Å²) in [6.45, 7) is 3.09. The van der Waals surface area contributed by atoms with Gasteiger partial charge >= 0.3 is 5.97 Å². The van der Waals surface area contributed by atoms with Crippen LogP contribution in [0.5, 0.6) is 11.5 Å². The third kappa shape index (κ3) is 6.35. The lowest BCUT2D eigenvalue weighted by Crippen LogP contribution is -2.32. The number of ether oxygens (including phenoxy) is 2. The Morgan fingerprint density at radius 1 is 1.32 bits per heavy atom. The zero-order chi connectivity index (χ0) is 14.1. The molecule has 1 aromatic rings. The molecule has 1 aromatic carbocycles. The van der Waals surface area contributed by atoms with Crippen LogP contribution in [0, 0.1) is 0 Å². The summed E-state index contributed by atoms with van der Waals surface area (Å²) >= 11 is 1.46. The maximum absolute atomic E-state index is 10.5. The van der Waals surface area contributed by atoms with E-state index in [9.17, 15) is 4.79 Å². The van der Waals surface area contributed by atoms with Gasteiger partial charge in [0.1, 0.15) is 17.5 Å². The van der Waals surface area contributed by atoms with Crippen LogP contribution in [0.1, 0.15) is 6.92 Å². The number of nitrogens with two attached hydrogens (primary N) is 1. The van der Waals surface area contributed by atoms with E-state index >= 15 is 0 Å². The Morgan fingerprint density at radius 3 is 2.42 bits per heavy atom. The van der Waals surface area contributed by atoms with E-state index in [-0.39, 0.29) is 0 Å². The second-order valence-electron chi connectivity index (χ2n) is 3.77. The van der Waals surface area contributed by atoms with Gasteiger partial charge in [-0.3, -0.25) is 4.79 Å². The highest BCUT2D eigenvalue weighted by molar-refractivity contribution is 7.99. The van der Waals surface area contributed by atoms with Crippen molar-refractivity contribution in [2.24, 2.45) is 5.73 Å². The van der Waals surface area contributed by atoms with Gasteiger partial charge in [-0.1, -0.05) is 0 Å². The quantitative estimate of drug-likeness (QED) is 0.671. The second-order valence-corrected chi connectivity index (χ2v) is 4.92. The van der Waals surface area contributed by atoms with Crippen molar-refractivity contribution in [2.75, 3.05) is 24.7 Å². The molecule has 0 spiro atoms. The summed E-state index contributed by atoms with van der Waals surface area (Å²) in [5, 5.41) is 8.60. The van der Waals surface area contributed by atoms with Gasteiger partial charge in [0.2, 0.25) is 0 Å². The van der Waals surface area contributed by atoms with Crippen LogP contribution in [0.2, 0.25) is 0 Å². The fourth-order valence-corrected chi connectivity index (χ4v) is 2.06. The number of carbonyl (C=O) groups is 1. The zero-order valence-electron chi connectivity index (χ0n) is 10.9. The van der Waals surface area contributed by atoms with Crippen molar-refractivity contribution in [3.8, 4) is 11.5 Å². The predicted molar refractivity (Wildman–Crippen MR) is 76.0 cm³/mol. The number of aliphatic carboxylic acids is 1. The Bertz CT molecular complexity index is 383. The molecule has 106 valence electrons. The summed E-state index contributed by atoms with van der Waals surface area (Å²) in [6, 6.07) is 6.59. The minimum Gasteiger partial charge on any atom is -0.494 e. The number of carboxylic acids is 1. The van der Waals surface area contributed by atoms with E-state index in [1.165, 1.54) is 11.8 Å². The minimum absolute atomic E-state index is 0.391. The van der Waals surface area contributed by atoms with Gasteiger partial charge in [0.25, 0.3) is 0 Å². The van der Waals surface area contributed by atoms with Crippen molar-refractivity contribution in [2.45, 2.75) is 13.0 Å². The van der Waals surface area contributed by atoms with Crippen LogP contribution >= 0.6 is 11.8 Å². The highest BCUT2D eigenvalue weighted by Crippen LogP contribution is 2.17. The molecule has 5 nitrogen and oxygen atoms in total. The molecule has 0 aliphatic heterocycles. The Kier molecular flexibility index (Phi) is 7.14. The third-order valence-electron chi connectivity index (χ3n) is 2.25. The number of benzene rings is 1. The summed E-state index contributed by atoms with van der Waals surface area (Å²) in [6.07, 6.45) is 0. The maximum Gasteiger partial charge on any atom is 0.321 e. The molecule has 0 heterocycles. The smallest absolute Gasteiger partial charge is 0.321 e. The van der Waals surface area contributed by atoms with Crippen LogP contribution in [0.3, 0.4) is 0 Å². The van der Waals surface area contributed by atoms with Crippen LogP contribution in [-0.2, 0) is 4.79 Å². The summed E-state index contributed by atoms with van der Waals surface area (Å²) in [5.74, 6) is 1.71. The highest BCUT2D eigenvalue weighted by Gasteiger charge is 2.10. The molecule has 0 aliphatic carbocycles. The zero-order valence-corrected chi connectivity index (χ0v) is 11.7. The van der Waals surface area contributed by atoms with Gasteiger partial charge in [-0.15, -0.1) is 0 Å². The molecule has 0 aliphatic rings. The molecule has 0 unspecified atom stereocenters. The van der Waals surface area contributed by atoms with Gasteiger partial charge in [0.15, 0.2) is 0 Å². The lowest BCUT2D eigenvalue weighted by Gasteiger charge is -2.08. The van der Waals surface area contributed by atoms with Crippen molar-refractivity contribution in [3.05, 3.63) is 24.3 Å². The fourth-order valence-electron chi connectivity index (χ4n) is 1.30. The largest absolute Gasteiger partial charge is 0.494 e. The van der Waals surface area contributed by atoms with Gasteiger partial charge in [-0.05, 0) is 31.2 Å². The minimum atomic E-state index is -0.972. The van der Waals surface area contributed by atoms with Gasteiger partial charge in [0.05, 0.1) is 13.2 Å². The molecule has 19 heavy (non-hydrogen) atoms. The van der Waals surface area contributed by atoms with Crippen molar-refractivity contribution in [3.63, 3.8) is 0 Å². The SMILES string of the molecule is CCOc1ccc(OCCSC[C@@H](N)C(=O)O)cc1. The summed E-state index contributed by atoms with van der Waals surface area (Å²) in [4.78, 5) is 10.5. The van der Waals surface area contributed by atoms with Crippen molar-refractivity contribution in [1.82, 2.24) is 0 Å². The Labute approximate surface area is 117 Å². The Hall–Kier alpha value is -1.40. The Balaban J connectivity index is 2.17. The van der Waals surface area contributed by atoms with Gasteiger partial charge in [-0.2, -0.15) is 11.8 Å². The van der Waals surface area contributed by atoms with Crippen LogP contribution in [-0.4, -0.2) is 41.8 Å². The molecular formula is C13H19NO4S. The first kappa shape index (κ1) is 15.7. The molecular weight excluding hydrogens is 266 g/mol. The van der Waals surface area contributed by atoms with E-state index in [2.05, 4.69) is 0 Å². The lowest BCUT2D eigenvalue weighted by molar-refractivity contribution is -0.137. The predicted octanol–water partition coefficient (Wildman–Crippen LogP) is 1.61. The lowest BCUT2D eigenvalue weighted by atomic mass is 10.3. The molecule has 0 amide bonds. The fraction of sp³-hybridized carbons (Fsp3) is 0.462. The second kappa shape index (κ2) is 8.66. The first-order valence-corrected chi connectivity index (χ1v) is 7.20. The number of carboxylic acid groups (broad SMARTS) is 1. The topological polar surface area (TPSA) is 81.8 Å². The van der Waals surface area contributed by atoms with Crippen molar-refractivity contribution >= 4 is 17.7 Å². The van der Waals surface area contributed by atoms with E-state index in [4.69, 9.17) is 20.3 Å². The molecule has 0 saturated heterocycles. The molecule has 1 atom stereocenters. The molecule has 0 fully saturated rings. The molecule has 1 rings (SSSR count). The standard InChI is InChI=1S/C13H19NO4S/c1-2-17-10-3-5-11(6-4-10)18-7-8-19-9-12(14)13(15)16/h3-6,12H,2,7-9,14H2,1H3,(H,15,16)/t12-/m1/s1. The summed E-state index contributed by atoms with van der Waals surface area (Å²) in [5.41, 5.74) is 5.38. The Morgan fingerprint density at radius 2 is 1.89 bits per heavy atom. The van der Waals surface area contributed by atoms with Crippen LogP contribution < -0.4 is 15.2 Å². The molecule has 0 saturated carbocycles. The number of hydrogen-bond donors (Lipinski definition) is 2. The number of rotatable bonds is 9. The molecule has 0 aromatic heterocycles. The van der Waals surface area contributed by atoms with E-state index in [0.29, 0.717) is 24.7 Å². The molecule has 3 N–H and O–H groups in total. The van der Waals surface area contributed by atoms with E-state index < -0.39 is 12.0 Å². The van der Waals surface area contributed by atoms with Crippen molar-refractivity contribution in [1.29, 1.82) is 0 Å². The first-order chi connectivity index (χ1) is 9.13. The number of hydrogen-bond acceptors (Lipinski definition) is 5. The number of thioether (sulfide) groups is 1. The summed E-state index contributed by atoms with van der Waals surface area (Å²) in [7, 11) is 0. The molecule has 6 heteroatoms. The third-order valence-corrected chi connectivity index (χ3v) is 3.30. The molecule has 0 bridgehead atoms. The van der Waals surface area contributed by atoms with Gasteiger partial charge in [0, 0.05) is 11.5 Å². The van der Waals surface area contributed by atoms with E-state index in [1.54, 1.807) is 0 Å². The highest BCUT2D eigenvalue weighted by atomic mass is 32.2.